The van der Waals surface area contributed by atoms with Crippen molar-refractivity contribution in [1.29, 1.82) is 0 Å². The lowest BCUT2D eigenvalue weighted by molar-refractivity contribution is 0.0697. The molecule has 25 heavy (non-hydrogen) atoms. The number of hydrogen-bond donors (Lipinski definition) is 3. The first kappa shape index (κ1) is 14.9. The lowest BCUT2D eigenvalue weighted by Gasteiger charge is -2.00. The Morgan fingerprint density at radius 1 is 1.04 bits per heavy atom. The van der Waals surface area contributed by atoms with Crippen LogP contribution in [0.3, 0.4) is 0 Å². The molecule has 2 aromatic heterocycles. The van der Waals surface area contributed by atoms with E-state index in [4.69, 9.17) is 5.11 Å². The monoisotopic (exact) mass is 331 g/mol. The van der Waals surface area contributed by atoms with Crippen molar-refractivity contribution in [1.82, 2.24) is 9.97 Å². The van der Waals surface area contributed by atoms with Crippen LogP contribution in [0.1, 0.15) is 15.9 Å². The number of pyridine rings is 1. The highest BCUT2D eigenvalue weighted by atomic mass is 16.4. The van der Waals surface area contributed by atoms with Gasteiger partial charge in [-0.3, -0.25) is 9.79 Å². The Kier molecular flexibility index (Phi) is 3.43. The number of nitrogens with zero attached hydrogens (tertiary/aromatic N) is 1. The first-order chi connectivity index (χ1) is 12.1. The molecule has 0 aliphatic rings. The summed E-state index contributed by atoms with van der Waals surface area (Å²) in [5.74, 6) is -0.989. The molecule has 0 atom stereocenters. The number of carbonyl (C=O) groups is 1. The molecule has 6 heteroatoms. The van der Waals surface area contributed by atoms with Gasteiger partial charge in [0.25, 0.3) is 5.56 Å². The number of carboxylic acid groups (broad SMARTS) is 1. The van der Waals surface area contributed by atoms with Gasteiger partial charge in [-0.05, 0) is 42.5 Å². The van der Waals surface area contributed by atoms with Crippen molar-refractivity contribution < 1.29 is 9.90 Å². The summed E-state index contributed by atoms with van der Waals surface area (Å²) in [6.45, 7) is 0. The third-order valence-electron chi connectivity index (χ3n) is 4.06. The zero-order valence-electron chi connectivity index (χ0n) is 13.0. The van der Waals surface area contributed by atoms with Gasteiger partial charge >= 0.3 is 5.97 Å². The van der Waals surface area contributed by atoms with E-state index in [-0.39, 0.29) is 11.1 Å². The molecule has 0 unspecified atom stereocenters. The Bertz CT molecular complexity index is 1180. The lowest BCUT2D eigenvalue weighted by atomic mass is 10.1. The molecule has 4 aromatic rings. The predicted molar refractivity (Wildman–Crippen MR) is 97.1 cm³/mol. The average Bonchev–Trinajstić information content (AvgIpc) is 2.96. The molecule has 0 saturated heterocycles. The minimum Gasteiger partial charge on any atom is -0.478 e. The molecular formula is C19H13N3O3. The van der Waals surface area contributed by atoms with Crippen LogP contribution in [0.25, 0.3) is 21.8 Å². The Morgan fingerprint density at radius 3 is 2.56 bits per heavy atom. The number of carboxylic acids is 1. The number of aromatic nitrogens is 2. The van der Waals surface area contributed by atoms with Gasteiger partial charge in [-0.15, -0.1) is 0 Å². The van der Waals surface area contributed by atoms with E-state index < -0.39 is 5.97 Å². The topological polar surface area (TPSA) is 98.3 Å². The van der Waals surface area contributed by atoms with Gasteiger partial charge in [-0.2, -0.15) is 0 Å². The first-order valence-electron chi connectivity index (χ1n) is 7.63. The van der Waals surface area contributed by atoms with Crippen LogP contribution < -0.4 is 5.56 Å². The van der Waals surface area contributed by atoms with Crippen LogP contribution in [0.15, 0.2) is 64.5 Å². The molecule has 0 aliphatic heterocycles. The van der Waals surface area contributed by atoms with Gasteiger partial charge in [0.1, 0.15) is 0 Å². The van der Waals surface area contributed by atoms with Crippen LogP contribution in [0, 0.1) is 0 Å². The molecule has 0 radical (unpaired) electrons. The molecular weight excluding hydrogens is 318 g/mol. The number of rotatable bonds is 3. The Balaban J connectivity index is 1.83. The fourth-order valence-electron chi connectivity index (χ4n) is 2.85. The molecule has 122 valence electrons. The molecule has 6 nitrogen and oxygen atoms in total. The van der Waals surface area contributed by atoms with E-state index in [1.54, 1.807) is 12.1 Å². The van der Waals surface area contributed by atoms with Crippen molar-refractivity contribution in [2.24, 2.45) is 4.99 Å². The van der Waals surface area contributed by atoms with E-state index in [0.717, 1.165) is 21.8 Å². The van der Waals surface area contributed by atoms with Gasteiger partial charge in [0.2, 0.25) is 0 Å². The van der Waals surface area contributed by atoms with E-state index in [0.29, 0.717) is 11.3 Å². The number of fused-ring (bicyclic) bond motifs is 3. The zero-order chi connectivity index (χ0) is 17.4. The van der Waals surface area contributed by atoms with Crippen molar-refractivity contribution in [3.05, 3.63) is 76.2 Å². The molecule has 0 spiro atoms. The number of aliphatic imine (C=N–C) groups is 1. The summed E-state index contributed by atoms with van der Waals surface area (Å²) in [6, 6.07) is 13.8. The van der Waals surface area contributed by atoms with Crippen molar-refractivity contribution in [3.63, 3.8) is 0 Å². The van der Waals surface area contributed by atoms with Crippen LogP contribution in [0.5, 0.6) is 0 Å². The van der Waals surface area contributed by atoms with Gasteiger partial charge in [0.15, 0.2) is 0 Å². The van der Waals surface area contributed by atoms with Gasteiger partial charge in [0, 0.05) is 34.2 Å². The summed E-state index contributed by atoms with van der Waals surface area (Å²) in [7, 11) is 0. The van der Waals surface area contributed by atoms with Crippen LogP contribution in [-0.4, -0.2) is 27.3 Å². The molecule has 2 aromatic carbocycles. The maximum atomic E-state index is 12.3. The number of nitrogens with one attached hydrogen (secondary N) is 2. The summed E-state index contributed by atoms with van der Waals surface area (Å²) < 4.78 is 0. The second-order valence-corrected chi connectivity index (χ2v) is 5.60. The third-order valence-corrected chi connectivity index (χ3v) is 4.06. The summed E-state index contributed by atoms with van der Waals surface area (Å²) in [6.07, 6.45) is 3.35. The minimum atomic E-state index is -0.989. The normalized spacial score (nSPS) is 11.5. The maximum absolute atomic E-state index is 12.3. The Morgan fingerprint density at radius 2 is 1.80 bits per heavy atom. The highest BCUT2D eigenvalue weighted by molar-refractivity contribution is 6.13. The van der Waals surface area contributed by atoms with Crippen molar-refractivity contribution in [3.8, 4) is 0 Å². The second kappa shape index (κ2) is 5.76. The van der Waals surface area contributed by atoms with E-state index in [2.05, 4.69) is 15.0 Å². The Labute approximate surface area is 141 Å². The highest BCUT2D eigenvalue weighted by Gasteiger charge is 2.11. The lowest BCUT2D eigenvalue weighted by Crippen LogP contribution is -2.04. The van der Waals surface area contributed by atoms with Crippen molar-refractivity contribution in [2.75, 3.05) is 0 Å². The quantitative estimate of drug-likeness (QED) is 0.501. The van der Waals surface area contributed by atoms with Crippen LogP contribution in [0.2, 0.25) is 0 Å². The molecule has 4 rings (SSSR count). The highest BCUT2D eigenvalue weighted by Crippen LogP contribution is 2.24. The molecule has 0 aliphatic carbocycles. The SMILES string of the molecule is O=C(O)c1ccc(N=Cc2c(=O)[nH]c3ccc4[nH]cccc4c23)cc1. The van der Waals surface area contributed by atoms with Gasteiger partial charge in [-0.1, -0.05) is 6.07 Å². The standard InChI is InChI=1S/C19H13N3O3/c23-18-14(10-21-12-5-3-11(4-6-12)19(24)25)17-13-2-1-9-20-15(13)7-8-16(17)22-18/h1-10,20H,(H,22,23)(H,24,25). The summed E-state index contributed by atoms with van der Waals surface area (Å²) in [5, 5.41) is 10.7. The molecule has 3 N–H and O–H groups in total. The third kappa shape index (κ3) is 2.59. The molecule has 0 fully saturated rings. The number of hydrogen-bond acceptors (Lipinski definition) is 3. The first-order valence-corrected chi connectivity index (χ1v) is 7.63. The largest absolute Gasteiger partial charge is 0.478 e. The second-order valence-electron chi connectivity index (χ2n) is 5.60. The summed E-state index contributed by atoms with van der Waals surface area (Å²) in [5.41, 5.74) is 2.71. The maximum Gasteiger partial charge on any atom is 0.335 e. The number of aromatic amines is 2. The Hall–Kier alpha value is -3.67. The minimum absolute atomic E-state index is 0.192. The predicted octanol–water partition coefficient (Wildman–Crippen LogP) is 3.46. The summed E-state index contributed by atoms with van der Waals surface area (Å²) in [4.78, 5) is 33.5. The van der Waals surface area contributed by atoms with Gasteiger partial charge < -0.3 is 15.1 Å². The van der Waals surface area contributed by atoms with Gasteiger partial charge in [-0.25, -0.2) is 4.79 Å². The van der Waals surface area contributed by atoms with Gasteiger partial charge in [0.05, 0.1) is 16.8 Å². The van der Waals surface area contributed by atoms with Crippen molar-refractivity contribution >= 4 is 39.7 Å². The average molecular weight is 331 g/mol. The molecule has 0 saturated carbocycles. The fraction of sp³-hybridized carbons (Fsp3) is 0. The van der Waals surface area contributed by atoms with Crippen LogP contribution >= 0.6 is 0 Å². The number of aromatic carboxylic acids is 1. The van der Waals surface area contributed by atoms with Crippen LogP contribution in [0.4, 0.5) is 5.69 Å². The molecule has 0 amide bonds. The van der Waals surface area contributed by atoms with Crippen molar-refractivity contribution in [2.45, 2.75) is 0 Å². The molecule has 2 heterocycles. The number of H-pyrrole nitrogens is 2. The van der Waals surface area contributed by atoms with Crippen LogP contribution in [-0.2, 0) is 0 Å². The molecule has 0 bridgehead atoms. The summed E-state index contributed by atoms with van der Waals surface area (Å²) >= 11 is 0. The van der Waals surface area contributed by atoms with E-state index in [9.17, 15) is 9.59 Å². The van der Waals surface area contributed by atoms with E-state index in [1.807, 2.05) is 30.5 Å². The fourth-order valence-corrected chi connectivity index (χ4v) is 2.85. The zero-order valence-corrected chi connectivity index (χ0v) is 13.0. The van der Waals surface area contributed by atoms with E-state index >= 15 is 0 Å². The number of benzene rings is 2. The smallest absolute Gasteiger partial charge is 0.335 e. The van der Waals surface area contributed by atoms with E-state index in [1.165, 1.54) is 18.3 Å².